The lowest BCUT2D eigenvalue weighted by Crippen LogP contribution is -2.12. The van der Waals surface area contributed by atoms with Gasteiger partial charge < -0.3 is 9.94 Å². The van der Waals surface area contributed by atoms with Gasteiger partial charge in [-0.1, -0.05) is 11.6 Å². The van der Waals surface area contributed by atoms with Gasteiger partial charge in [-0.3, -0.25) is 0 Å². The molecular weight excluding hydrogens is 209 g/mol. The number of halogens is 2. The zero-order chi connectivity index (χ0) is 10.7. The number of benzene rings is 1. The number of methoxy groups -OCH3 is 1. The zero-order valence-corrected chi connectivity index (χ0v) is 8.68. The topological polar surface area (TPSA) is 32.7 Å². The van der Waals surface area contributed by atoms with Crippen molar-refractivity contribution in [2.24, 2.45) is 0 Å². The van der Waals surface area contributed by atoms with E-state index in [9.17, 15) is 4.39 Å². The van der Waals surface area contributed by atoms with Gasteiger partial charge in [-0.15, -0.1) is 0 Å². The maximum absolute atomic E-state index is 13.2. The smallest absolute Gasteiger partial charge is 0.145 e. The summed E-state index contributed by atoms with van der Waals surface area (Å²) in [7, 11) is 2.89. The van der Waals surface area contributed by atoms with Crippen LogP contribution < -0.4 is 4.74 Å². The van der Waals surface area contributed by atoms with Crippen molar-refractivity contribution in [2.45, 2.75) is 6.54 Å². The average molecular weight is 220 g/mol. The third-order valence-electron chi connectivity index (χ3n) is 1.71. The van der Waals surface area contributed by atoms with E-state index in [0.717, 1.165) is 5.06 Å². The van der Waals surface area contributed by atoms with Crippen LogP contribution in [0.5, 0.6) is 5.75 Å². The number of ether oxygens (including phenoxy) is 1. The quantitative estimate of drug-likeness (QED) is 0.792. The van der Waals surface area contributed by atoms with Crippen molar-refractivity contribution in [1.82, 2.24) is 5.06 Å². The molecule has 0 aliphatic rings. The third-order valence-corrected chi connectivity index (χ3v) is 2.14. The predicted octanol–water partition coefficient (Wildman–Crippen LogP) is 2.31. The minimum atomic E-state index is -0.553. The van der Waals surface area contributed by atoms with Gasteiger partial charge in [-0.25, -0.2) is 4.39 Å². The van der Waals surface area contributed by atoms with Crippen molar-refractivity contribution >= 4 is 11.6 Å². The molecule has 0 saturated carbocycles. The summed E-state index contributed by atoms with van der Waals surface area (Å²) in [6.45, 7) is 0.146. The molecule has 0 radical (unpaired) electrons. The Morgan fingerprint density at radius 2 is 2.21 bits per heavy atom. The van der Waals surface area contributed by atoms with Gasteiger partial charge in [0.1, 0.15) is 11.6 Å². The predicted molar refractivity (Wildman–Crippen MR) is 51.2 cm³/mol. The second kappa shape index (κ2) is 4.59. The summed E-state index contributed by atoms with van der Waals surface area (Å²) in [6, 6.07) is 2.78. The van der Waals surface area contributed by atoms with Crippen LogP contribution in [0.4, 0.5) is 4.39 Å². The molecule has 0 atom stereocenters. The van der Waals surface area contributed by atoms with E-state index in [1.54, 1.807) is 6.07 Å². The van der Waals surface area contributed by atoms with Gasteiger partial charge in [-0.05, 0) is 11.6 Å². The van der Waals surface area contributed by atoms with Crippen LogP contribution in [0, 0.1) is 5.82 Å². The second-order valence-corrected chi connectivity index (χ2v) is 3.28. The van der Waals surface area contributed by atoms with E-state index in [4.69, 9.17) is 21.5 Å². The minimum absolute atomic E-state index is 0.00620. The van der Waals surface area contributed by atoms with E-state index < -0.39 is 5.82 Å². The van der Waals surface area contributed by atoms with Gasteiger partial charge in [0.05, 0.1) is 18.7 Å². The van der Waals surface area contributed by atoms with Gasteiger partial charge in [0, 0.05) is 13.1 Å². The highest BCUT2D eigenvalue weighted by atomic mass is 35.5. The van der Waals surface area contributed by atoms with Crippen LogP contribution in [0.25, 0.3) is 0 Å². The maximum Gasteiger partial charge on any atom is 0.145 e. The van der Waals surface area contributed by atoms with E-state index >= 15 is 0 Å². The number of rotatable bonds is 3. The van der Waals surface area contributed by atoms with Gasteiger partial charge in [-0.2, -0.15) is 5.06 Å². The van der Waals surface area contributed by atoms with Crippen LogP contribution >= 0.6 is 11.6 Å². The standard InChI is InChI=1S/C9H11ClFNO2/c1-12(13)5-6-3-7(14-2)4-8(11)9(6)10/h3-4,13H,5H2,1-2H3. The second-order valence-electron chi connectivity index (χ2n) is 2.90. The van der Waals surface area contributed by atoms with E-state index in [2.05, 4.69) is 0 Å². The normalized spacial score (nSPS) is 10.7. The first-order valence-corrected chi connectivity index (χ1v) is 4.34. The lowest BCUT2D eigenvalue weighted by Gasteiger charge is -2.11. The summed E-state index contributed by atoms with van der Waals surface area (Å²) in [5, 5.41) is 9.92. The highest BCUT2D eigenvalue weighted by Gasteiger charge is 2.10. The average Bonchev–Trinajstić information content (AvgIpc) is 2.11. The molecule has 0 spiro atoms. The molecule has 14 heavy (non-hydrogen) atoms. The molecule has 0 fully saturated rings. The summed E-state index contributed by atoms with van der Waals surface area (Å²) in [4.78, 5) is 0. The summed E-state index contributed by atoms with van der Waals surface area (Å²) in [5.74, 6) is -0.174. The number of hydrogen-bond donors (Lipinski definition) is 1. The summed E-state index contributed by atoms with van der Waals surface area (Å²) < 4.78 is 18.0. The van der Waals surface area contributed by atoms with Gasteiger partial charge in [0.2, 0.25) is 0 Å². The molecule has 5 heteroatoms. The molecule has 1 aromatic carbocycles. The van der Waals surface area contributed by atoms with Crippen LogP contribution in [-0.2, 0) is 6.54 Å². The van der Waals surface area contributed by atoms with Crippen molar-refractivity contribution in [3.8, 4) is 5.75 Å². The number of nitrogens with zero attached hydrogens (tertiary/aromatic N) is 1. The van der Waals surface area contributed by atoms with Crippen LogP contribution in [0.2, 0.25) is 5.02 Å². The lowest BCUT2D eigenvalue weighted by atomic mass is 10.2. The molecule has 3 nitrogen and oxygen atoms in total. The highest BCUT2D eigenvalue weighted by molar-refractivity contribution is 6.31. The van der Waals surface area contributed by atoms with Crippen molar-refractivity contribution in [1.29, 1.82) is 0 Å². The fourth-order valence-corrected chi connectivity index (χ4v) is 1.27. The van der Waals surface area contributed by atoms with Crippen molar-refractivity contribution in [3.63, 3.8) is 0 Å². The Morgan fingerprint density at radius 3 is 2.71 bits per heavy atom. The first-order valence-electron chi connectivity index (χ1n) is 3.96. The molecule has 0 saturated heterocycles. The Kier molecular flexibility index (Phi) is 3.69. The molecule has 1 rings (SSSR count). The molecule has 0 aliphatic carbocycles. The monoisotopic (exact) mass is 219 g/mol. The summed E-state index contributed by atoms with van der Waals surface area (Å²) >= 11 is 5.70. The molecule has 1 aromatic rings. The number of hydrogen-bond acceptors (Lipinski definition) is 3. The van der Waals surface area contributed by atoms with Crippen LogP contribution in [-0.4, -0.2) is 24.4 Å². The van der Waals surface area contributed by atoms with Crippen LogP contribution in [0.3, 0.4) is 0 Å². The van der Waals surface area contributed by atoms with E-state index in [-0.39, 0.29) is 11.6 Å². The third kappa shape index (κ3) is 2.57. The first-order chi connectivity index (χ1) is 6.54. The first kappa shape index (κ1) is 11.2. The molecule has 0 heterocycles. The van der Waals surface area contributed by atoms with E-state index in [0.29, 0.717) is 11.3 Å². The fraction of sp³-hybridized carbons (Fsp3) is 0.333. The molecule has 0 aliphatic heterocycles. The molecule has 0 amide bonds. The van der Waals surface area contributed by atoms with Crippen LogP contribution in [0.1, 0.15) is 5.56 Å². The van der Waals surface area contributed by atoms with E-state index in [1.165, 1.54) is 20.2 Å². The Labute approximate surface area is 86.6 Å². The molecule has 78 valence electrons. The van der Waals surface area contributed by atoms with Gasteiger partial charge in [0.15, 0.2) is 0 Å². The lowest BCUT2D eigenvalue weighted by molar-refractivity contribution is -0.0732. The van der Waals surface area contributed by atoms with Crippen molar-refractivity contribution in [3.05, 3.63) is 28.5 Å². The molecule has 0 bridgehead atoms. The van der Waals surface area contributed by atoms with Crippen LogP contribution in [0.15, 0.2) is 12.1 Å². The Bertz CT molecular complexity index is 331. The largest absolute Gasteiger partial charge is 0.497 e. The molecule has 0 aromatic heterocycles. The van der Waals surface area contributed by atoms with E-state index in [1.807, 2.05) is 0 Å². The summed E-state index contributed by atoms with van der Waals surface area (Å²) in [6.07, 6.45) is 0. The Hall–Kier alpha value is -0.840. The highest BCUT2D eigenvalue weighted by Crippen LogP contribution is 2.26. The van der Waals surface area contributed by atoms with Gasteiger partial charge >= 0.3 is 0 Å². The molecule has 1 N–H and O–H groups in total. The Balaban J connectivity index is 3.07. The molecular formula is C9H11ClFNO2. The zero-order valence-electron chi connectivity index (χ0n) is 7.92. The molecule has 0 unspecified atom stereocenters. The minimum Gasteiger partial charge on any atom is -0.497 e. The maximum atomic E-state index is 13.2. The van der Waals surface area contributed by atoms with Gasteiger partial charge in [0.25, 0.3) is 0 Å². The fourth-order valence-electron chi connectivity index (χ4n) is 1.10. The van der Waals surface area contributed by atoms with Crippen molar-refractivity contribution in [2.75, 3.05) is 14.2 Å². The SMILES string of the molecule is COc1cc(F)c(Cl)c(CN(C)O)c1. The number of hydroxylamine groups is 2. The van der Waals surface area contributed by atoms with Crippen molar-refractivity contribution < 1.29 is 14.3 Å². The summed E-state index contributed by atoms with van der Waals surface area (Å²) in [5.41, 5.74) is 0.480. The Morgan fingerprint density at radius 1 is 1.57 bits per heavy atom.